The van der Waals surface area contributed by atoms with Gasteiger partial charge in [0, 0.05) is 19.3 Å². The molecule has 0 unspecified atom stereocenters. The maximum absolute atomic E-state index is 11.8. The van der Waals surface area contributed by atoms with Crippen LogP contribution < -0.4 is 4.90 Å². The molecule has 0 bridgehead atoms. The number of hydrogen-bond donors (Lipinski definition) is 0. The second-order valence-electron chi connectivity index (χ2n) is 5.73. The van der Waals surface area contributed by atoms with Crippen LogP contribution >= 0.6 is 0 Å². The monoisotopic (exact) mass is 327 g/mol. The Hall–Kier alpha value is -2.47. The van der Waals surface area contributed by atoms with Crippen molar-refractivity contribution in [2.45, 2.75) is 25.6 Å². The molecule has 1 aromatic heterocycles. The highest BCUT2D eigenvalue weighted by Crippen LogP contribution is 2.23. The first-order valence-corrected chi connectivity index (χ1v) is 8.06. The third-order valence-electron chi connectivity index (χ3n) is 4.17. The molecule has 0 atom stereocenters. The van der Waals surface area contributed by atoms with E-state index in [1.807, 2.05) is 18.2 Å². The van der Waals surface area contributed by atoms with Crippen LogP contribution in [-0.2, 0) is 16.1 Å². The van der Waals surface area contributed by atoms with Crippen molar-refractivity contribution >= 4 is 11.8 Å². The fourth-order valence-electron chi connectivity index (χ4n) is 2.85. The molecule has 0 radical (unpaired) electrons. The van der Waals surface area contributed by atoms with Crippen LogP contribution in [0, 0.1) is 0 Å². The fraction of sp³-hybridized carbons (Fsp3) is 0.389. The zero-order valence-corrected chi connectivity index (χ0v) is 13.7. The minimum absolute atomic E-state index is 0.227. The molecule has 1 aliphatic heterocycles. The molecule has 24 heavy (non-hydrogen) atoms. The van der Waals surface area contributed by atoms with Crippen LogP contribution in [0.4, 0.5) is 5.82 Å². The molecular formula is C18H21N3O3. The standard InChI is InChI=1S/C18H21N3O3/c1-23-18(22)16-11-19-13-20-17(16)21-9-7-15(8-10-21)24-12-14-5-3-2-4-6-14/h2-6,11,13,15H,7-10,12H2,1H3. The van der Waals surface area contributed by atoms with E-state index in [2.05, 4.69) is 27.0 Å². The van der Waals surface area contributed by atoms with Gasteiger partial charge in [-0.1, -0.05) is 30.3 Å². The van der Waals surface area contributed by atoms with E-state index < -0.39 is 5.97 Å². The van der Waals surface area contributed by atoms with Gasteiger partial charge >= 0.3 is 5.97 Å². The molecule has 1 aliphatic rings. The van der Waals surface area contributed by atoms with Gasteiger partial charge in [-0.25, -0.2) is 14.8 Å². The molecule has 2 aromatic rings. The van der Waals surface area contributed by atoms with Crippen LogP contribution in [0.1, 0.15) is 28.8 Å². The maximum atomic E-state index is 11.8. The highest BCUT2D eigenvalue weighted by atomic mass is 16.5. The van der Waals surface area contributed by atoms with Gasteiger partial charge in [0.15, 0.2) is 0 Å². The highest BCUT2D eigenvalue weighted by Gasteiger charge is 2.24. The number of anilines is 1. The summed E-state index contributed by atoms with van der Waals surface area (Å²) in [5.41, 5.74) is 1.59. The first-order valence-electron chi connectivity index (χ1n) is 8.06. The lowest BCUT2D eigenvalue weighted by Crippen LogP contribution is -2.38. The Balaban J connectivity index is 1.57. The van der Waals surface area contributed by atoms with E-state index in [9.17, 15) is 4.79 Å². The van der Waals surface area contributed by atoms with Crippen LogP contribution in [0.25, 0.3) is 0 Å². The summed E-state index contributed by atoms with van der Waals surface area (Å²) in [5, 5.41) is 0. The second kappa shape index (κ2) is 7.88. The Morgan fingerprint density at radius 2 is 2.00 bits per heavy atom. The smallest absolute Gasteiger partial charge is 0.343 e. The van der Waals surface area contributed by atoms with Gasteiger partial charge in [0.1, 0.15) is 17.7 Å². The summed E-state index contributed by atoms with van der Waals surface area (Å²) in [5.74, 6) is 0.228. The average molecular weight is 327 g/mol. The predicted molar refractivity (Wildman–Crippen MR) is 89.8 cm³/mol. The number of ether oxygens (including phenoxy) is 2. The van der Waals surface area contributed by atoms with Crippen molar-refractivity contribution in [2.75, 3.05) is 25.1 Å². The maximum Gasteiger partial charge on any atom is 0.343 e. The van der Waals surface area contributed by atoms with E-state index >= 15 is 0 Å². The van der Waals surface area contributed by atoms with Gasteiger partial charge < -0.3 is 14.4 Å². The van der Waals surface area contributed by atoms with Crippen LogP contribution in [0.2, 0.25) is 0 Å². The first kappa shape index (κ1) is 16.4. The molecule has 6 heteroatoms. The Kier molecular flexibility index (Phi) is 5.38. The highest BCUT2D eigenvalue weighted by molar-refractivity contribution is 5.94. The number of methoxy groups -OCH3 is 1. The summed E-state index contributed by atoms with van der Waals surface area (Å²) < 4.78 is 10.8. The molecule has 126 valence electrons. The molecule has 3 rings (SSSR count). The molecular weight excluding hydrogens is 306 g/mol. The van der Waals surface area contributed by atoms with Crippen LogP contribution in [0.5, 0.6) is 0 Å². The van der Waals surface area contributed by atoms with Crippen LogP contribution in [-0.4, -0.2) is 42.2 Å². The molecule has 0 aliphatic carbocycles. The Morgan fingerprint density at radius 1 is 1.25 bits per heavy atom. The number of rotatable bonds is 5. The van der Waals surface area contributed by atoms with Crippen LogP contribution in [0.3, 0.4) is 0 Å². The SMILES string of the molecule is COC(=O)c1cncnc1N1CCC(OCc2ccccc2)CC1. The summed E-state index contributed by atoms with van der Waals surface area (Å²) in [7, 11) is 1.36. The molecule has 1 fully saturated rings. The summed E-state index contributed by atoms with van der Waals surface area (Å²) in [4.78, 5) is 22.1. The van der Waals surface area contributed by atoms with Gasteiger partial charge in [0.25, 0.3) is 0 Å². The molecule has 0 saturated carbocycles. The van der Waals surface area contributed by atoms with Crippen molar-refractivity contribution < 1.29 is 14.3 Å². The van der Waals surface area contributed by atoms with Gasteiger partial charge in [0.2, 0.25) is 0 Å². The van der Waals surface area contributed by atoms with Gasteiger partial charge in [-0.05, 0) is 18.4 Å². The predicted octanol–water partition coefficient (Wildman–Crippen LogP) is 2.45. The van der Waals surface area contributed by atoms with Gasteiger partial charge in [0.05, 0.1) is 19.8 Å². The summed E-state index contributed by atoms with van der Waals surface area (Å²) in [6.45, 7) is 2.22. The van der Waals surface area contributed by atoms with E-state index in [1.54, 1.807) is 0 Å². The van der Waals surface area contributed by atoms with Crippen molar-refractivity contribution in [3.63, 3.8) is 0 Å². The van der Waals surface area contributed by atoms with E-state index in [1.165, 1.54) is 25.2 Å². The number of carbonyl (C=O) groups is 1. The summed E-state index contributed by atoms with van der Waals surface area (Å²) >= 11 is 0. The minimum atomic E-state index is -0.409. The number of piperidine rings is 1. The minimum Gasteiger partial charge on any atom is -0.465 e. The fourth-order valence-corrected chi connectivity index (χ4v) is 2.85. The van der Waals surface area contributed by atoms with E-state index in [0.717, 1.165) is 25.9 Å². The number of aromatic nitrogens is 2. The van der Waals surface area contributed by atoms with E-state index in [4.69, 9.17) is 9.47 Å². The van der Waals surface area contributed by atoms with Crippen LogP contribution in [0.15, 0.2) is 42.9 Å². The molecule has 0 amide bonds. The lowest BCUT2D eigenvalue weighted by molar-refractivity contribution is 0.0250. The van der Waals surface area contributed by atoms with Crippen molar-refractivity contribution in [3.05, 3.63) is 54.0 Å². The molecule has 0 spiro atoms. The summed E-state index contributed by atoms with van der Waals surface area (Å²) in [6, 6.07) is 10.2. The Labute approximate surface area is 141 Å². The average Bonchev–Trinajstić information content (AvgIpc) is 2.67. The number of hydrogen-bond acceptors (Lipinski definition) is 6. The summed E-state index contributed by atoms with van der Waals surface area (Å²) in [6.07, 6.45) is 4.99. The lowest BCUT2D eigenvalue weighted by atomic mass is 10.1. The molecule has 6 nitrogen and oxygen atoms in total. The Morgan fingerprint density at radius 3 is 2.71 bits per heavy atom. The van der Waals surface area contributed by atoms with E-state index in [0.29, 0.717) is 18.0 Å². The van der Waals surface area contributed by atoms with Gasteiger partial charge in [-0.3, -0.25) is 0 Å². The van der Waals surface area contributed by atoms with Crippen molar-refractivity contribution in [1.82, 2.24) is 9.97 Å². The largest absolute Gasteiger partial charge is 0.465 e. The molecule has 2 heterocycles. The van der Waals surface area contributed by atoms with Gasteiger partial charge in [-0.2, -0.15) is 0 Å². The Bertz CT molecular complexity index is 670. The molecule has 1 aromatic carbocycles. The molecule has 1 saturated heterocycles. The van der Waals surface area contributed by atoms with E-state index in [-0.39, 0.29) is 6.10 Å². The molecule has 0 N–H and O–H groups in total. The third-order valence-corrected chi connectivity index (χ3v) is 4.17. The quantitative estimate of drug-likeness (QED) is 0.786. The topological polar surface area (TPSA) is 64.5 Å². The number of carbonyl (C=O) groups excluding carboxylic acids is 1. The number of esters is 1. The normalized spacial score (nSPS) is 15.3. The number of nitrogens with zero attached hydrogens (tertiary/aromatic N) is 3. The zero-order valence-electron chi connectivity index (χ0n) is 13.7. The van der Waals surface area contributed by atoms with Crippen molar-refractivity contribution in [2.24, 2.45) is 0 Å². The van der Waals surface area contributed by atoms with Crippen molar-refractivity contribution in [1.29, 1.82) is 0 Å². The first-order chi connectivity index (χ1) is 11.8. The third kappa shape index (κ3) is 3.89. The second-order valence-corrected chi connectivity index (χ2v) is 5.73. The van der Waals surface area contributed by atoms with Gasteiger partial charge in [-0.15, -0.1) is 0 Å². The zero-order chi connectivity index (χ0) is 16.8. The lowest BCUT2D eigenvalue weighted by Gasteiger charge is -2.33. The van der Waals surface area contributed by atoms with Crippen molar-refractivity contribution in [3.8, 4) is 0 Å². The number of benzene rings is 1.